The minimum atomic E-state index is -0.212. The van der Waals surface area contributed by atoms with E-state index in [0.717, 1.165) is 25.1 Å². The van der Waals surface area contributed by atoms with E-state index >= 15 is 0 Å². The van der Waals surface area contributed by atoms with Crippen molar-refractivity contribution >= 4 is 23.2 Å². The van der Waals surface area contributed by atoms with Crippen LogP contribution in [0.15, 0.2) is 66.9 Å². The van der Waals surface area contributed by atoms with Crippen molar-refractivity contribution in [3.63, 3.8) is 0 Å². The summed E-state index contributed by atoms with van der Waals surface area (Å²) in [5.41, 5.74) is 3.11. The standard InChI is InChI=1S/C25H28N4O3/c1-28-15-3-5-22(28)23-6-4-16-29(23)17-24(30)26-19-9-7-18(8-10-19)25(31)27-20-11-13-21(32-2)14-12-20/h3,5,7-15,23H,4,6,16-17H2,1-2H3,(H,26,30)(H,27,31)/t23-/m1/s1. The SMILES string of the molecule is COc1ccc(NC(=O)c2ccc(NC(=O)CN3CCC[C@@H]3c3cccn3C)cc2)cc1. The van der Waals surface area contributed by atoms with Gasteiger partial charge >= 0.3 is 0 Å². The van der Waals surface area contributed by atoms with Gasteiger partial charge < -0.3 is 19.9 Å². The average Bonchev–Trinajstić information content (AvgIpc) is 3.42. The zero-order chi connectivity index (χ0) is 22.5. The average molecular weight is 433 g/mol. The van der Waals surface area contributed by atoms with E-state index in [4.69, 9.17) is 4.74 Å². The van der Waals surface area contributed by atoms with Gasteiger partial charge in [0.2, 0.25) is 5.91 Å². The molecule has 2 N–H and O–H groups in total. The third kappa shape index (κ3) is 5.00. The van der Waals surface area contributed by atoms with Gasteiger partial charge in [-0.1, -0.05) is 0 Å². The Morgan fingerprint density at radius 1 is 1.00 bits per heavy atom. The Balaban J connectivity index is 1.32. The van der Waals surface area contributed by atoms with Crippen molar-refractivity contribution in [2.45, 2.75) is 18.9 Å². The highest BCUT2D eigenvalue weighted by Gasteiger charge is 2.28. The Morgan fingerprint density at radius 3 is 2.34 bits per heavy atom. The zero-order valence-corrected chi connectivity index (χ0v) is 18.4. The number of aryl methyl sites for hydroxylation is 1. The van der Waals surface area contributed by atoms with E-state index in [-0.39, 0.29) is 17.9 Å². The Kier molecular flexibility index (Phi) is 6.56. The summed E-state index contributed by atoms with van der Waals surface area (Å²) in [6.45, 7) is 1.25. The number of nitrogens with zero attached hydrogens (tertiary/aromatic N) is 2. The lowest BCUT2D eigenvalue weighted by Crippen LogP contribution is -2.33. The summed E-state index contributed by atoms with van der Waals surface area (Å²) >= 11 is 0. The highest BCUT2D eigenvalue weighted by molar-refractivity contribution is 6.04. The van der Waals surface area contributed by atoms with Crippen molar-refractivity contribution < 1.29 is 14.3 Å². The van der Waals surface area contributed by atoms with Crippen LogP contribution in [0.4, 0.5) is 11.4 Å². The molecule has 1 saturated heterocycles. The molecule has 7 heteroatoms. The fourth-order valence-electron chi connectivity index (χ4n) is 4.14. The van der Waals surface area contributed by atoms with Crippen LogP contribution >= 0.6 is 0 Å². The maximum absolute atomic E-state index is 12.6. The maximum atomic E-state index is 12.6. The van der Waals surface area contributed by atoms with Crippen LogP contribution in [0.3, 0.4) is 0 Å². The maximum Gasteiger partial charge on any atom is 0.255 e. The number of rotatable bonds is 7. The van der Waals surface area contributed by atoms with Gasteiger partial charge in [-0.2, -0.15) is 0 Å². The van der Waals surface area contributed by atoms with Gasteiger partial charge in [0.1, 0.15) is 5.75 Å². The molecule has 2 amide bonds. The van der Waals surface area contributed by atoms with E-state index in [0.29, 0.717) is 23.5 Å². The van der Waals surface area contributed by atoms with Crippen molar-refractivity contribution in [1.82, 2.24) is 9.47 Å². The van der Waals surface area contributed by atoms with E-state index in [1.807, 2.05) is 19.3 Å². The Labute approximate surface area is 188 Å². The molecule has 0 spiro atoms. The highest BCUT2D eigenvalue weighted by Crippen LogP contribution is 2.31. The van der Waals surface area contributed by atoms with E-state index in [1.165, 1.54) is 5.69 Å². The number of carbonyl (C=O) groups is 2. The number of amides is 2. The first-order valence-electron chi connectivity index (χ1n) is 10.7. The van der Waals surface area contributed by atoms with Crippen LogP contribution in [-0.4, -0.2) is 41.5 Å². The summed E-state index contributed by atoms with van der Waals surface area (Å²) in [6, 6.07) is 18.5. The smallest absolute Gasteiger partial charge is 0.255 e. The predicted octanol–water partition coefficient (Wildman–Crippen LogP) is 4.06. The third-order valence-corrected chi connectivity index (χ3v) is 5.81. The van der Waals surface area contributed by atoms with Gasteiger partial charge in [0, 0.05) is 35.9 Å². The number of anilines is 2. The molecular weight excluding hydrogens is 404 g/mol. The molecule has 0 saturated carbocycles. The van der Waals surface area contributed by atoms with Crippen LogP contribution in [0.5, 0.6) is 5.75 Å². The number of nitrogens with one attached hydrogen (secondary N) is 2. The second-order valence-electron chi connectivity index (χ2n) is 7.98. The van der Waals surface area contributed by atoms with E-state index in [2.05, 4.69) is 26.2 Å². The second-order valence-corrected chi connectivity index (χ2v) is 7.98. The molecule has 0 unspecified atom stereocenters. The molecule has 1 aliphatic rings. The normalized spacial score (nSPS) is 16.0. The summed E-state index contributed by atoms with van der Waals surface area (Å²) < 4.78 is 7.25. The molecule has 1 aromatic heterocycles. The first kappa shape index (κ1) is 21.6. The summed E-state index contributed by atoms with van der Waals surface area (Å²) in [7, 11) is 3.64. The first-order valence-corrected chi connectivity index (χ1v) is 10.7. The number of hydrogen-bond donors (Lipinski definition) is 2. The lowest BCUT2D eigenvalue weighted by molar-refractivity contribution is -0.117. The molecule has 4 rings (SSSR count). The Morgan fingerprint density at radius 2 is 1.69 bits per heavy atom. The largest absolute Gasteiger partial charge is 0.497 e. The van der Waals surface area contributed by atoms with Gasteiger partial charge in [-0.15, -0.1) is 0 Å². The van der Waals surface area contributed by atoms with Crippen molar-refractivity contribution in [1.29, 1.82) is 0 Å². The molecular formula is C25H28N4O3. The summed E-state index contributed by atoms with van der Waals surface area (Å²) in [6.07, 6.45) is 4.18. The van der Waals surface area contributed by atoms with Crippen LogP contribution in [0.1, 0.15) is 34.9 Å². The van der Waals surface area contributed by atoms with Gasteiger partial charge in [-0.3, -0.25) is 14.5 Å². The number of hydrogen-bond acceptors (Lipinski definition) is 4. The van der Waals surface area contributed by atoms with Crippen molar-refractivity contribution in [2.24, 2.45) is 7.05 Å². The van der Waals surface area contributed by atoms with Crippen LogP contribution < -0.4 is 15.4 Å². The van der Waals surface area contributed by atoms with Gasteiger partial charge in [-0.25, -0.2) is 0 Å². The van der Waals surface area contributed by atoms with Gasteiger partial charge in [0.25, 0.3) is 5.91 Å². The lowest BCUT2D eigenvalue weighted by atomic mass is 10.1. The zero-order valence-electron chi connectivity index (χ0n) is 18.4. The number of benzene rings is 2. The monoisotopic (exact) mass is 432 g/mol. The summed E-state index contributed by atoms with van der Waals surface area (Å²) in [5.74, 6) is 0.462. The van der Waals surface area contributed by atoms with Crippen molar-refractivity contribution in [2.75, 3.05) is 30.8 Å². The molecule has 0 radical (unpaired) electrons. The summed E-state index contributed by atoms with van der Waals surface area (Å²) in [4.78, 5) is 27.3. The number of carbonyl (C=O) groups excluding carboxylic acids is 2. The molecule has 3 aromatic rings. The number of methoxy groups -OCH3 is 1. The van der Waals surface area contributed by atoms with Gasteiger partial charge in [0.05, 0.1) is 19.7 Å². The van der Waals surface area contributed by atoms with Crippen LogP contribution in [0, 0.1) is 0 Å². The molecule has 166 valence electrons. The molecule has 0 bridgehead atoms. The number of aromatic nitrogens is 1. The minimum Gasteiger partial charge on any atom is -0.497 e. The van der Waals surface area contributed by atoms with Gasteiger partial charge in [-0.05, 0) is 80.1 Å². The Bertz CT molecular complexity index is 1070. The van der Waals surface area contributed by atoms with Crippen LogP contribution in [0.2, 0.25) is 0 Å². The van der Waals surface area contributed by atoms with Crippen molar-refractivity contribution in [3.05, 3.63) is 78.1 Å². The third-order valence-electron chi connectivity index (χ3n) is 5.81. The van der Waals surface area contributed by atoms with E-state index < -0.39 is 0 Å². The molecule has 0 aliphatic carbocycles. The predicted molar refractivity (Wildman–Crippen MR) is 125 cm³/mol. The quantitative estimate of drug-likeness (QED) is 0.590. The second kappa shape index (κ2) is 9.70. The summed E-state index contributed by atoms with van der Waals surface area (Å²) in [5, 5.41) is 5.80. The highest BCUT2D eigenvalue weighted by atomic mass is 16.5. The minimum absolute atomic E-state index is 0.0541. The fourth-order valence-corrected chi connectivity index (χ4v) is 4.14. The molecule has 2 aromatic carbocycles. The van der Waals surface area contributed by atoms with Crippen LogP contribution in [0.25, 0.3) is 0 Å². The molecule has 2 heterocycles. The van der Waals surface area contributed by atoms with E-state index in [9.17, 15) is 9.59 Å². The van der Waals surface area contributed by atoms with Gasteiger partial charge in [0.15, 0.2) is 0 Å². The van der Waals surface area contributed by atoms with E-state index in [1.54, 1.807) is 55.6 Å². The fraction of sp³-hybridized carbons (Fsp3) is 0.280. The Hall–Kier alpha value is -3.58. The lowest BCUT2D eigenvalue weighted by Gasteiger charge is -2.24. The van der Waals surface area contributed by atoms with Crippen molar-refractivity contribution in [3.8, 4) is 5.75 Å². The molecule has 1 aliphatic heterocycles. The number of ether oxygens (including phenoxy) is 1. The molecule has 7 nitrogen and oxygen atoms in total. The molecule has 32 heavy (non-hydrogen) atoms. The molecule has 1 fully saturated rings. The molecule has 1 atom stereocenters. The van der Waals surface area contributed by atoms with Crippen LogP contribution in [-0.2, 0) is 11.8 Å². The first-order chi connectivity index (χ1) is 15.5. The topological polar surface area (TPSA) is 75.6 Å². The number of likely N-dealkylation sites (tertiary alicyclic amines) is 1.